The second kappa shape index (κ2) is 5.65. The number of hydrogen-bond donors (Lipinski definition) is 1. The Morgan fingerprint density at radius 3 is 2.67 bits per heavy atom. The standard InChI is InChI=1S/C14H13ClN2O/c1-18-14-12(3-2-8-17-14)13(16)9-10-4-6-11(15)7-5-10/h2-8,16H,9H2,1H3. The Morgan fingerprint density at radius 2 is 2.00 bits per heavy atom. The highest BCUT2D eigenvalue weighted by Gasteiger charge is 2.09. The van der Waals surface area contributed by atoms with Gasteiger partial charge in [-0.3, -0.25) is 0 Å². The fourth-order valence-electron chi connectivity index (χ4n) is 1.68. The van der Waals surface area contributed by atoms with Gasteiger partial charge in [-0.15, -0.1) is 0 Å². The molecule has 0 amide bonds. The topological polar surface area (TPSA) is 46.0 Å². The zero-order valence-electron chi connectivity index (χ0n) is 9.98. The molecule has 1 N–H and O–H groups in total. The summed E-state index contributed by atoms with van der Waals surface area (Å²) in [5, 5.41) is 8.81. The number of benzene rings is 1. The molecule has 0 aliphatic heterocycles. The third kappa shape index (κ3) is 2.87. The molecule has 1 heterocycles. The van der Waals surface area contributed by atoms with Crippen LogP contribution < -0.4 is 4.74 Å². The van der Waals surface area contributed by atoms with E-state index in [0.29, 0.717) is 23.0 Å². The van der Waals surface area contributed by atoms with Gasteiger partial charge in [0.05, 0.1) is 12.7 Å². The normalized spacial score (nSPS) is 10.1. The maximum atomic E-state index is 8.11. The first-order valence-electron chi connectivity index (χ1n) is 5.52. The zero-order chi connectivity index (χ0) is 13.0. The lowest BCUT2D eigenvalue weighted by atomic mass is 10.0. The third-order valence-electron chi connectivity index (χ3n) is 2.58. The Balaban J connectivity index is 2.19. The molecule has 0 saturated carbocycles. The number of hydrogen-bond acceptors (Lipinski definition) is 3. The van der Waals surface area contributed by atoms with Crippen molar-refractivity contribution in [3.63, 3.8) is 0 Å². The van der Waals surface area contributed by atoms with Crippen LogP contribution in [-0.4, -0.2) is 17.8 Å². The van der Waals surface area contributed by atoms with Crippen LogP contribution in [0.2, 0.25) is 5.02 Å². The number of nitrogens with one attached hydrogen (secondary N) is 1. The van der Waals surface area contributed by atoms with E-state index in [1.807, 2.05) is 30.3 Å². The van der Waals surface area contributed by atoms with E-state index >= 15 is 0 Å². The van der Waals surface area contributed by atoms with Gasteiger partial charge in [-0.2, -0.15) is 0 Å². The van der Waals surface area contributed by atoms with E-state index in [1.54, 1.807) is 19.4 Å². The van der Waals surface area contributed by atoms with E-state index in [4.69, 9.17) is 21.7 Å². The van der Waals surface area contributed by atoms with Crippen molar-refractivity contribution in [2.24, 2.45) is 0 Å². The largest absolute Gasteiger partial charge is 0.481 e. The minimum atomic E-state index is 0.474. The van der Waals surface area contributed by atoms with Gasteiger partial charge in [0.2, 0.25) is 5.88 Å². The van der Waals surface area contributed by atoms with Crippen LogP contribution in [0.25, 0.3) is 0 Å². The summed E-state index contributed by atoms with van der Waals surface area (Å²) in [6.45, 7) is 0. The second-order valence-corrected chi connectivity index (χ2v) is 4.28. The fraction of sp³-hybridized carbons (Fsp3) is 0.143. The molecule has 0 spiro atoms. The SMILES string of the molecule is COc1ncccc1C(=N)Cc1ccc(Cl)cc1. The number of nitrogens with zero attached hydrogens (tertiary/aromatic N) is 1. The first kappa shape index (κ1) is 12.6. The van der Waals surface area contributed by atoms with Crippen molar-refractivity contribution in [1.82, 2.24) is 4.98 Å². The summed E-state index contributed by atoms with van der Waals surface area (Å²) < 4.78 is 5.15. The van der Waals surface area contributed by atoms with Crippen molar-refractivity contribution in [2.45, 2.75) is 6.42 Å². The van der Waals surface area contributed by atoms with Crippen LogP contribution in [0.5, 0.6) is 5.88 Å². The molecular formula is C14H13ClN2O. The van der Waals surface area contributed by atoms with E-state index in [1.165, 1.54) is 0 Å². The predicted molar refractivity (Wildman–Crippen MR) is 72.8 cm³/mol. The van der Waals surface area contributed by atoms with E-state index in [2.05, 4.69) is 4.98 Å². The summed E-state index contributed by atoms with van der Waals surface area (Å²) in [4.78, 5) is 4.09. The maximum Gasteiger partial charge on any atom is 0.222 e. The number of pyridine rings is 1. The lowest BCUT2D eigenvalue weighted by molar-refractivity contribution is 0.397. The molecule has 0 saturated heterocycles. The van der Waals surface area contributed by atoms with E-state index in [0.717, 1.165) is 11.1 Å². The van der Waals surface area contributed by atoms with E-state index in [9.17, 15) is 0 Å². The number of rotatable bonds is 4. The molecule has 0 fully saturated rings. The van der Waals surface area contributed by atoms with Crippen molar-refractivity contribution < 1.29 is 4.74 Å². The van der Waals surface area contributed by atoms with E-state index in [-0.39, 0.29) is 0 Å². The monoisotopic (exact) mass is 260 g/mol. The van der Waals surface area contributed by atoms with Crippen LogP contribution in [0.1, 0.15) is 11.1 Å². The summed E-state index contributed by atoms with van der Waals surface area (Å²) in [5.74, 6) is 0.483. The Kier molecular flexibility index (Phi) is 3.95. The van der Waals surface area contributed by atoms with E-state index < -0.39 is 0 Å². The number of ether oxygens (including phenoxy) is 1. The summed E-state index contributed by atoms with van der Waals surface area (Å²) in [7, 11) is 1.56. The summed E-state index contributed by atoms with van der Waals surface area (Å²) >= 11 is 5.83. The average Bonchev–Trinajstić information content (AvgIpc) is 2.41. The van der Waals surface area contributed by atoms with Gasteiger partial charge in [0.15, 0.2) is 0 Å². The van der Waals surface area contributed by atoms with Gasteiger partial charge in [0.25, 0.3) is 0 Å². The molecule has 0 atom stereocenters. The van der Waals surface area contributed by atoms with Crippen LogP contribution >= 0.6 is 11.6 Å². The highest BCUT2D eigenvalue weighted by Crippen LogP contribution is 2.17. The highest BCUT2D eigenvalue weighted by atomic mass is 35.5. The van der Waals surface area contributed by atoms with Crippen LogP contribution in [0.3, 0.4) is 0 Å². The molecule has 18 heavy (non-hydrogen) atoms. The van der Waals surface area contributed by atoms with Gasteiger partial charge in [0, 0.05) is 23.4 Å². The highest BCUT2D eigenvalue weighted by molar-refractivity contribution is 6.30. The summed E-state index contributed by atoms with van der Waals surface area (Å²) in [6.07, 6.45) is 2.18. The lowest BCUT2D eigenvalue weighted by Crippen LogP contribution is -2.06. The maximum absolute atomic E-state index is 8.11. The molecule has 0 radical (unpaired) electrons. The number of halogens is 1. The molecule has 2 aromatic rings. The molecular weight excluding hydrogens is 248 g/mol. The molecule has 92 valence electrons. The minimum absolute atomic E-state index is 0.474. The first-order valence-corrected chi connectivity index (χ1v) is 5.89. The Morgan fingerprint density at radius 1 is 1.28 bits per heavy atom. The average molecular weight is 261 g/mol. The number of aromatic nitrogens is 1. The van der Waals surface area contributed by atoms with Crippen LogP contribution in [-0.2, 0) is 6.42 Å². The minimum Gasteiger partial charge on any atom is -0.481 e. The quantitative estimate of drug-likeness (QED) is 0.857. The van der Waals surface area contributed by atoms with Gasteiger partial charge >= 0.3 is 0 Å². The lowest BCUT2D eigenvalue weighted by Gasteiger charge is -2.08. The van der Waals surface area contributed by atoms with Gasteiger partial charge < -0.3 is 10.1 Å². The van der Waals surface area contributed by atoms with Crippen LogP contribution in [0.15, 0.2) is 42.6 Å². The Labute approximate surface area is 111 Å². The molecule has 0 unspecified atom stereocenters. The van der Waals surface area contributed by atoms with Gasteiger partial charge in [-0.1, -0.05) is 23.7 Å². The van der Waals surface area contributed by atoms with Crippen molar-refractivity contribution in [1.29, 1.82) is 5.41 Å². The molecule has 3 nitrogen and oxygen atoms in total. The van der Waals surface area contributed by atoms with Crippen LogP contribution in [0, 0.1) is 5.41 Å². The molecule has 4 heteroatoms. The molecule has 2 rings (SSSR count). The zero-order valence-corrected chi connectivity index (χ0v) is 10.7. The summed E-state index contributed by atoms with van der Waals surface area (Å²) in [5.41, 5.74) is 2.23. The van der Waals surface area contributed by atoms with Gasteiger partial charge in [0.1, 0.15) is 0 Å². The van der Waals surface area contributed by atoms with Gasteiger partial charge in [-0.25, -0.2) is 4.98 Å². The molecule has 1 aromatic heterocycles. The molecule has 1 aromatic carbocycles. The van der Waals surface area contributed by atoms with Gasteiger partial charge in [-0.05, 0) is 29.8 Å². The number of methoxy groups -OCH3 is 1. The third-order valence-corrected chi connectivity index (χ3v) is 2.84. The van der Waals surface area contributed by atoms with Crippen molar-refractivity contribution in [2.75, 3.05) is 7.11 Å². The molecule has 0 bridgehead atoms. The summed E-state index contributed by atoms with van der Waals surface area (Å²) in [6, 6.07) is 11.1. The van der Waals surface area contributed by atoms with Crippen molar-refractivity contribution in [3.8, 4) is 5.88 Å². The smallest absolute Gasteiger partial charge is 0.222 e. The Bertz CT molecular complexity index is 552. The molecule has 0 aliphatic carbocycles. The second-order valence-electron chi connectivity index (χ2n) is 3.84. The first-order chi connectivity index (χ1) is 8.70. The van der Waals surface area contributed by atoms with Crippen molar-refractivity contribution in [3.05, 3.63) is 58.7 Å². The molecule has 0 aliphatic rings. The van der Waals surface area contributed by atoms with Crippen LogP contribution in [0.4, 0.5) is 0 Å². The Hall–Kier alpha value is -1.87. The fourth-order valence-corrected chi connectivity index (χ4v) is 1.81. The van der Waals surface area contributed by atoms with Crippen molar-refractivity contribution >= 4 is 17.3 Å². The predicted octanol–water partition coefficient (Wildman–Crippen LogP) is 3.35.